The lowest BCUT2D eigenvalue weighted by Gasteiger charge is -2.13. The number of hydrogen-bond acceptors (Lipinski definition) is 2. The number of benzene rings is 16. The van der Waals surface area contributed by atoms with Crippen LogP contribution in [0.25, 0.3) is 190 Å². The zero-order chi connectivity index (χ0) is 70.9. The van der Waals surface area contributed by atoms with E-state index < -0.39 is 0 Å². The molecule has 6 heterocycles. The highest BCUT2D eigenvalue weighted by Crippen LogP contribution is 2.47. The van der Waals surface area contributed by atoms with Crippen molar-refractivity contribution in [3.8, 4) is 83.8 Å². The molecule has 504 valence electrons. The van der Waals surface area contributed by atoms with E-state index in [9.17, 15) is 0 Å². The van der Waals surface area contributed by atoms with Gasteiger partial charge in [-0.3, -0.25) is 0 Å². The first-order valence-corrected chi connectivity index (χ1v) is 38.6. The van der Waals surface area contributed by atoms with E-state index in [0.717, 1.165) is 11.4 Å². The zero-order valence-corrected chi connectivity index (χ0v) is 61.2. The smallest absolute Gasteiger partial charge is 0.0641 e. The van der Waals surface area contributed by atoms with E-state index in [0.29, 0.717) is 0 Å². The van der Waals surface area contributed by atoms with Gasteiger partial charge in [-0.1, -0.05) is 291 Å². The van der Waals surface area contributed by atoms with E-state index in [-0.39, 0.29) is 0 Å². The van der Waals surface area contributed by atoms with Gasteiger partial charge in [-0.2, -0.15) is 0 Å². The Morgan fingerprint density at radius 2 is 0.636 bits per heavy atom. The molecule has 6 aromatic heterocycles. The SMILES string of the molecule is Brc1cccc2c1sc1c(-c3ccccc3)cccc12.c1ccc(-c2cc(-c3ccccc3)cc(-n3ccc4c3ccc3c5ccccc5n(-c5cccc6c5sc5c(-c7ccccc7)cccc56)c34)c2)cc1.c1ccc(-c2cc(-c3ccccc3)cc(-n3ccc4c5[nH]c6ccccc6c5ccc43)c2)cc1. The molecule has 7 heteroatoms. The number of hydrogen-bond donors (Lipinski definition) is 1. The van der Waals surface area contributed by atoms with Gasteiger partial charge in [0.25, 0.3) is 0 Å². The molecule has 0 aliphatic rings. The summed E-state index contributed by atoms with van der Waals surface area (Å²) in [5.41, 5.74) is 25.5. The molecule has 0 amide bonds. The van der Waals surface area contributed by atoms with Gasteiger partial charge in [0, 0.05) is 102 Å². The number of fused-ring (bicyclic) bond motifs is 16. The number of aromatic amines is 1. The Hall–Kier alpha value is -12.9. The van der Waals surface area contributed by atoms with Gasteiger partial charge in [0.2, 0.25) is 0 Å². The Kier molecular flexibility index (Phi) is 16.1. The first-order chi connectivity index (χ1) is 53.0. The number of halogens is 1. The number of para-hydroxylation sites is 2. The third-order valence-corrected chi connectivity index (χ3v) is 24.6. The molecule has 0 saturated heterocycles. The lowest BCUT2D eigenvalue weighted by molar-refractivity contribution is 1.13. The van der Waals surface area contributed by atoms with Crippen LogP contribution >= 0.6 is 38.6 Å². The van der Waals surface area contributed by atoms with Gasteiger partial charge >= 0.3 is 0 Å². The number of thiophene rings is 2. The second-order valence-corrected chi connectivity index (χ2v) is 30.2. The summed E-state index contributed by atoms with van der Waals surface area (Å²) in [6, 6.07) is 135. The van der Waals surface area contributed by atoms with Crippen LogP contribution in [-0.2, 0) is 0 Å². The molecule has 16 aromatic carbocycles. The zero-order valence-electron chi connectivity index (χ0n) is 58.0. The Labute approximate surface area is 635 Å². The van der Waals surface area contributed by atoms with Crippen molar-refractivity contribution in [3.63, 3.8) is 0 Å². The molecule has 22 rings (SSSR count). The largest absolute Gasteiger partial charge is 0.354 e. The van der Waals surface area contributed by atoms with Crippen LogP contribution < -0.4 is 0 Å². The van der Waals surface area contributed by atoms with Crippen LogP contribution in [0.1, 0.15) is 0 Å². The van der Waals surface area contributed by atoms with Crippen molar-refractivity contribution in [2.75, 3.05) is 0 Å². The maximum absolute atomic E-state index is 3.67. The Morgan fingerprint density at radius 1 is 0.243 bits per heavy atom. The first-order valence-electron chi connectivity index (χ1n) is 36.2. The molecule has 4 nitrogen and oxygen atoms in total. The van der Waals surface area contributed by atoms with Crippen molar-refractivity contribution in [2.24, 2.45) is 0 Å². The van der Waals surface area contributed by atoms with E-state index in [1.54, 1.807) is 0 Å². The average Bonchev–Trinajstić information content (AvgIpc) is 1.54. The molecule has 0 aliphatic carbocycles. The van der Waals surface area contributed by atoms with E-state index in [1.807, 2.05) is 22.7 Å². The molecule has 0 radical (unpaired) electrons. The molecule has 0 aliphatic heterocycles. The fourth-order valence-electron chi connectivity index (χ4n) is 16.1. The van der Waals surface area contributed by atoms with Crippen molar-refractivity contribution in [2.45, 2.75) is 0 Å². The summed E-state index contributed by atoms with van der Waals surface area (Å²) in [7, 11) is 0. The van der Waals surface area contributed by atoms with Crippen molar-refractivity contribution in [1.82, 2.24) is 18.7 Å². The van der Waals surface area contributed by atoms with Crippen LogP contribution in [0.5, 0.6) is 0 Å². The second kappa shape index (κ2) is 27.0. The molecule has 0 unspecified atom stereocenters. The molecular weight excluding hydrogens is 1400 g/mol. The quantitative estimate of drug-likeness (QED) is 0.149. The Balaban J connectivity index is 0.000000119. The third-order valence-electron chi connectivity index (χ3n) is 21.1. The van der Waals surface area contributed by atoms with Gasteiger partial charge in [-0.15, -0.1) is 22.7 Å². The minimum Gasteiger partial charge on any atom is -0.354 e. The van der Waals surface area contributed by atoms with E-state index in [2.05, 4.69) is 423 Å². The number of nitrogens with one attached hydrogen (secondary N) is 1. The van der Waals surface area contributed by atoms with Gasteiger partial charge in [0.1, 0.15) is 0 Å². The standard InChI is InChI=1S/C50H32N2S.C32H22N2.C18H11BrS/c1-4-14-33(15-5-1)36-30-37(34-16-6-2-7-17-34)32-38(31-36)51-29-28-44-45(51)27-26-41-40-20-10-11-24-46(40)52(48(41)44)47-25-13-23-43-42-22-12-21-39(49(42)53-50(43)47)35-18-8-3-9-19-35;1-3-9-22(10-4-1)24-19-25(23-11-5-2-6-12-23)21-26(20-24)34-18-17-29-31(34)16-15-28-27-13-7-8-14-30(27)33-32(28)29;19-16-11-5-10-15-14-9-4-8-13(17(14)20-18(15)16)12-6-2-1-3-7-12/h1-32H;1-21,33H;1-11H. The van der Waals surface area contributed by atoms with Crippen molar-refractivity contribution >= 4 is 144 Å². The van der Waals surface area contributed by atoms with Crippen molar-refractivity contribution in [1.29, 1.82) is 0 Å². The predicted octanol–water partition coefficient (Wildman–Crippen LogP) is 29.2. The van der Waals surface area contributed by atoms with Gasteiger partial charge in [0.15, 0.2) is 0 Å². The van der Waals surface area contributed by atoms with Gasteiger partial charge in [-0.25, -0.2) is 0 Å². The highest BCUT2D eigenvalue weighted by Gasteiger charge is 2.22. The van der Waals surface area contributed by atoms with Gasteiger partial charge in [-0.05, 0) is 168 Å². The molecule has 22 aromatic rings. The number of aromatic nitrogens is 4. The average molecular weight is 1470 g/mol. The normalized spacial score (nSPS) is 11.6. The van der Waals surface area contributed by atoms with Gasteiger partial charge in [0.05, 0.1) is 38.0 Å². The lowest BCUT2D eigenvalue weighted by atomic mass is 9.98. The third kappa shape index (κ3) is 11.3. The number of H-pyrrole nitrogens is 1. The van der Waals surface area contributed by atoms with Crippen LogP contribution in [0.15, 0.2) is 393 Å². The minimum atomic E-state index is 1.14. The molecule has 0 spiro atoms. The highest BCUT2D eigenvalue weighted by molar-refractivity contribution is 9.10. The first kappa shape index (κ1) is 63.8. The minimum absolute atomic E-state index is 1.14. The van der Waals surface area contributed by atoms with E-state index >= 15 is 0 Å². The molecule has 0 fully saturated rings. The van der Waals surface area contributed by atoms with Gasteiger partial charge < -0.3 is 18.7 Å². The fourth-order valence-corrected chi connectivity index (χ4v) is 19.3. The molecule has 1 N–H and O–H groups in total. The Morgan fingerprint density at radius 3 is 1.16 bits per heavy atom. The van der Waals surface area contributed by atoms with E-state index in [1.165, 1.54) is 183 Å². The summed E-state index contributed by atoms with van der Waals surface area (Å²) in [6.45, 7) is 0. The van der Waals surface area contributed by atoms with Crippen LogP contribution in [0.2, 0.25) is 0 Å². The van der Waals surface area contributed by atoms with Crippen molar-refractivity contribution in [3.05, 3.63) is 393 Å². The van der Waals surface area contributed by atoms with Crippen LogP contribution in [-0.4, -0.2) is 18.7 Å². The number of rotatable bonds is 9. The summed E-state index contributed by atoms with van der Waals surface area (Å²) in [5.74, 6) is 0. The van der Waals surface area contributed by atoms with Crippen molar-refractivity contribution < 1.29 is 0 Å². The van der Waals surface area contributed by atoms with Crippen LogP contribution in [0.4, 0.5) is 0 Å². The van der Waals surface area contributed by atoms with Crippen LogP contribution in [0, 0.1) is 0 Å². The predicted molar refractivity (Wildman–Crippen MR) is 463 cm³/mol. The summed E-state index contributed by atoms with van der Waals surface area (Å²) in [5, 5.41) is 12.8. The Bertz CT molecular complexity index is 6990. The maximum Gasteiger partial charge on any atom is 0.0641 e. The molecule has 0 bridgehead atoms. The summed E-state index contributed by atoms with van der Waals surface area (Å²) in [6.07, 6.45) is 4.44. The van der Waals surface area contributed by atoms with E-state index in [4.69, 9.17) is 0 Å². The lowest BCUT2D eigenvalue weighted by Crippen LogP contribution is -1.96. The fraction of sp³-hybridized carbons (Fsp3) is 0. The summed E-state index contributed by atoms with van der Waals surface area (Å²) >= 11 is 7.43. The monoisotopic (exact) mass is 1460 g/mol. The van der Waals surface area contributed by atoms with Crippen LogP contribution in [0.3, 0.4) is 0 Å². The summed E-state index contributed by atoms with van der Waals surface area (Å²) < 4.78 is 13.7. The topological polar surface area (TPSA) is 30.6 Å². The number of nitrogens with zero attached hydrogens (tertiary/aromatic N) is 3. The molecular formula is C100H65BrN4S2. The maximum atomic E-state index is 3.67. The molecule has 0 saturated carbocycles. The molecule has 0 atom stereocenters. The highest BCUT2D eigenvalue weighted by atomic mass is 79.9. The second-order valence-electron chi connectivity index (χ2n) is 27.3. The summed E-state index contributed by atoms with van der Waals surface area (Å²) in [4.78, 5) is 3.65. The molecule has 107 heavy (non-hydrogen) atoms.